The van der Waals surface area contributed by atoms with Crippen LogP contribution in [-0.2, 0) is 11.8 Å². The van der Waals surface area contributed by atoms with Gasteiger partial charge in [0.2, 0.25) is 0 Å². The highest BCUT2D eigenvalue weighted by atomic mass is 16.3. The Morgan fingerprint density at radius 1 is 1.15 bits per heavy atom. The number of aromatic hydroxyl groups is 1. The van der Waals surface area contributed by atoms with Gasteiger partial charge in [0, 0.05) is 30.8 Å². The van der Waals surface area contributed by atoms with Crippen LogP contribution in [0.15, 0.2) is 18.5 Å². The largest absolute Gasteiger partial charge is 0.506 e. The number of hydrogen-bond acceptors (Lipinski definition) is 7. The monoisotopic (exact) mass is 455 g/mol. The summed E-state index contributed by atoms with van der Waals surface area (Å²) in [5, 5.41) is 20.6. The predicted octanol–water partition coefficient (Wildman–Crippen LogP) is 4.14. The number of anilines is 2. The van der Waals surface area contributed by atoms with Gasteiger partial charge >= 0.3 is 0 Å². The van der Waals surface area contributed by atoms with Crippen molar-refractivity contribution in [3.63, 3.8) is 0 Å². The number of aliphatic hydroxyl groups is 1. The lowest BCUT2D eigenvalue weighted by Crippen LogP contribution is -2.32. The van der Waals surface area contributed by atoms with Crippen LogP contribution in [-0.4, -0.2) is 45.4 Å². The highest BCUT2D eigenvalue weighted by Crippen LogP contribution is 2.49. The Morgan fingerprint density at radius 2 is 1.82 bits per heavy atom. The minimum atomic E-state index is -0.758. The van der Waals surface area contributed by atoms with Crippen LogP contribution >= 0.6 is 0 Å². The highest BCUT2D eigenvalue weighted by Gasteiger charge is 2.37. The van der Waals surface area contributed by atoms with Gasteiger partial charge in [-0.15, -0.1) is 0 Å². The van der Waals surface area contributed by atoms with Crippen molar-refractivity contribution in [1.82, 2.24) is 9.97 Å². The molecule has 2 aliphatic rings. The van der Waals surface area contributed by atoms with Crippen molar-refractivity contribution in [2.75, 3.05) is 24.2 Å². The molecule has 0 amide bonds. The van der Waals surface area contributed by atoms with E-state index in [1.807, 2.05) is 18.0 Å². The number of nitrogens with zero attached hydrogens (tertiary/aromatic N) is 3. The Bertz CT molecular complexity index is 962. The third-order valence-electron chi connectivity index (χ3n) is 6.78. The molecule has 0 aliphatic heterocycles. The van der Waals surface area contributed by atoms with Gasteiger partial charge in [0.15, 0.2) is 0 Å². The Morgan fingerprint density at radius 3 is 2.39 bits per heavy atom. The summed E-state index contributed by atoms with van der Waals surface area (Å²) in [6, 6.07) is 4.14. The van der Waals surface area contributed by atoms with E-state index in [2.05, 4.69) is 23.8 Å². The van der Waals surface area contributed by atoms with Crippen LogP contribution < -0.4 is 16.4 Å². The third-order valence-corrected chi connectivity index (χ3v) is 6.78. The Labute approximate surface area is 198 Å². The first-order chi connectivity index (χ1) is 15.4. The molecule has 2 aliphatic carbocycles. The van der Waals surface area contributed by atoms with E-state index < -0.39 is 5.60 Å². The van der Waals surface area contributed by atoms with Gasteiger partial charge in [0.05, 0.1) is 17.0 Å². The summed E-state index contributed by atoms with van der Waals surface area (Å²) < 4.78 is 0. The van der Waals surface area contributed by atoms with Crippen molar-refractivity contribution in [2.45, 2.75) is 89.7 Å². The molecule has 0 unspecified atom stereocenters. The second-order valence-corrected chi connectivity index (χ2v) is 10.9. The highest BCUT2D eigenvalue weighted by molar-refractivity contribution is 5.82. The van der Waals surface area contributed by atoms with Crippen LogP contribution in [0.4, 0.5) is 11.5 Å². The molecule has 7 nitrogen and oxygen atoms in total. The van der Waals surface area contributed by atoms with Crippen LogP contribution in [0.3, 0.4) is 0 Å². The zero-order chi connectivity index (χ0) is 24.4. The van der Waals surface area contributed by atoms with Crippen molar-refractivity contribution in [3.05, 3.63) is 29.6 Å². The maximum absolute atomic E-state index is 10.6. The molecule has 33 heavy (non-hydrogen) atoms. The number of phenols is 1. The van der Waals surface area contributed by atoms with Crippen molar-refractivity contribution in [2.24, 2.45) is 5.73 Å². The van der Waals surface area contributed by atoms with Gasteiger partial charge < -0.3 is 26.6 Å². The maximum atomic E-state index is 10.6. The van der Waals surface area contributed by atoms with Gasteiger partial charge in [0.1, 0.15) is 17.9 Å². The zero-order valence-corrected chi connectivity index (χ0v) is 20.9. The van der Waals surface area contributed by atoms with E-state index in [4.69, 9.17) is 11.5 Å². The number of aromatic nitrogens is 2. The number of phenolic OH excluding ortho intramolecular Hbond substituents is 1. The van der Waals surface area contributed by atoms with Crippen LogP contribution in [0, 0.1) is 0 Å². The van der Waals surface area contributed by atoms with Gasteiger partial charge in [-0.25, -0.2) is 9.97 Å². The molecular formula is C26H41N5O2. The lowest BCUT2D eigenvalue weighted by molar-refractivity contribution is 0.0733. The number of rotatable bonds is 4. The summed E-state index contributed by atoms with van der Waals surface area (Å²) in [5.41, 5.74) is 15.4. The van der Waals surface area contributed by atoms with Crippen molar-refractivity contribution >= 4 is 11.5 Å². The molecule has 1 fully saturated rings. The fourth-order valence-electron chi connectivity index (χ4n) is 4.94. The van der Waals surface area contributed by atoms with E-state index in [9.17, 15) is 10.2 Å². The van der Waals surface area contributed by atoms with Gasteiger partial charge in [-0.05, 0) is 62.6 Å². The number of hydrogen-bond donors (Lipinski definition) is 4. The molecule has 0 atom stereocenters. The van der Waals surface area contributed by atoms with E-state index in [1.165, 1.54) is 38.4 Å². The third kappa shape index (κ3) is 5.95. The van der Waals surface area contributed by atoms with E-state index in [1.54, 1.807) is 19.9 Å². The summed E-state index contributed by atoms with van der Waals surface area (Å²) in [6.45, 7) is 8.46. The second-order valence-electron chi connectivity index (χ2n) is 10.9. The van der Waals surface area contributed by atoms with E-state index >= 15 is 0 Å². The van der Waals surface area contributed by atoms with Crippen molar-refractivity contribution < 1.29 is 10.2 Å². The van der Waals surface area contributed by atoms with E-state index in [0.29, 0.717) is 24.8 Å². The summed E-state index contributed by atoms with van der Waals surface area (Å²) in [6.07, 6.45) is 9.48. The van der Waals surface area contributed by atoms with Crippen LogP contribution in [0.5, 0.6) is 5.75 Å². The second kappa shape index (κ2) is 9.85. The summed E-state index contributed by atoms with van der Waals surface area (Å²) in [4.78, 5) is 10.7. The molecule has 0 radical (unpaired) electrons. The number of nitrogen functional groups attached to an aromatic ring is 1. The molecule has 0 spiro atoms. The molecule has 1 heterocycles. The van der Waals surface area contributed by atoms with Gasteiger partial charge in [0.25, 0.3) is 0 Å². The summed E-state index contributed by atoms with van der Waals surface area (Å²) >= 11 is 0. The lowest BCUT2D eigenvalue weighted by atomic mass is 9.71. The molecule has 0 bridgehead atoms. The quantitative estimate of drug-likeness (QED) is 0.546. The predicted molar refractivity (Wildman–Crippen MR) is 136 cm³/mol. The topological polar surface area (TPSA) is 122 Å². The molecule has 4 rings (SSSR count). The zero-order valence-electron chi connectivity index (χ0n) is 20.9. The normalized spacial score (nSPS) is 17.4. The first-order valence-electron chi connectivity index (χ1n) is 12.1. The van der Waals surface area contributed by atoms with Crippen LogP contribution in [0.1, 0.15) is 77.3 Å². The first kappa shape index (κ1) is 25.2. The van der Waals surface area contributed by atoms with E-state index in [-0.39, 0.29) is 11.2 Å². The average Bonchev–Trinajstić information content (AvgIpc) is 2.72. The molecule has 1 aromatic heterocycles. The number of nitrogens with two attached hydrogens (primary N) is 2. The lowest BCUT2D eigenvalue weighted by Gasteiger charge is -2.37. The average molecular weight is 456 g/mol. The molecule has 2 aromatic rings. The molecule has 0 saturated heterocycles. The summed E-state index contributed by atoms with van der Waals surface area (Å²) in [7, 11) is 1.94. The Kier molecular flexibility index (Phi) is 7.54. The van der Waals surface area contributed by atoms with Gasteiger partial charge in [-0.2, -0.15) is 0 Å². The number of fused-ring (bicyclic) bond motifs is 3. The van der Waals surface area contributed by atoms with E-state index in [0.717, 1.165) is 34.5 Å². The molecule has 7 heteroatoms. The molecular weight excluding hydrogens is 414 g/mol. The molecule has 6 N–H and O–H groups in total. The van der Waals surface area contributed by atoms with Crippen LogP contribution in [0.2, 0.25) is 0 Å². The van der Waals surface area contributed by atoms with Gasteiger partial charge in [-0.1, -0.05) is 33.1 Å². The standard InChI is InChI=1S/C20H28N4O2.C6H13N/c1-19(2)10-13-12(16-15(19)18(21)23-11-22-16)6-7-14(25)17(13)24(5)9-8-20(3,4)26;7-6-4-2-1-3-5-6/h6-7,11,25-26H,8-10H2,1-5H3,(H2,21,22,23);6H,1-5,7H2. The Hall–Kier alpha value is -2.38. The minimum Gasteiger partial charge on any atom is -0.506 e. The molecule has 1 aromatic carbocycles. The van der Waals surface area contributed by atoms with Gasteiger partial charge in [-0.3, -0.25) is 0 Å². The fraction of sp³-hybridized carbons (Fsp3) is 0.615. The van der Waals surface area contributed by atoms with Crippen molar-refractivity contribution in [1.29, 1.82) is 0 Å². The summed E-state index contributed by atoms with van der Waals surface area (Å²) in [5.74, 6) is 0.749. The first-order valence-corrected chi connectivity index (χ1v) is 12.1. The Balaban J connectivity index is 0.000000374. The SMILES string of the molecule is CN(CCC(C)(C)O)c1c(O)ccc2c1CC(C)(C)c1c(N)ncnc1-2.NC1CCCCC1. The minimum absolute atomic E-state index is 0.239. The maximum Gasteiger partial charge on any atom is 0.139 e. The molecule has 182 valence electrons. The van der Waals surface area contributed by atoms with Crippen LogP contribution in [0.25, 0.3) is 11.3 Å². The van der Waals surface area contributed by atoms with Crippen molar-refractivity contribution in [3.8, 4) is 17.0 Å². The smallest absolute Gasteiger partial charge is 0.139 e. The fourth-order valence-corrected chi connectivity index (χ4v) is 4.94. The number of benzene rings is 1. The molecule has 1 saturated carbocycles.